The third-order valence-corrected chi connectivity index (χ3v) is 4.49. The highest BCUT2D eigenvalue weighted by molar-refractivity contribution is 6.08. The Morgan fingerprint density at radius 3 is 2.52 bits per heavy atom. The van der Waals surface area contributed by atoms with Gasteiger partial charge in [-0.1, -0.05) is 48.5 Å². The fourth-order valence-corrected chi connectivity index (χ4v) is 3.13. The Bertz CT molecular complexity index is 988. The lowest BCUT2D eigenvalue weighted by Crippen LogP contribution is -2.50. The van der Waals surface area contributed by atoms with Crippen molar-refractivity contribution in [3.05, 3.63) is 77.6 Å². The van der Waals surface area contributed by atoms with Gasteiger partial charge in [0, 0.05) is 29.7 Å². The van der Waals surface area contributed by atoms with E-state index in [0.717, 1.165) is 22.0 Å². The number of hydrogen-bond acceptors (Lipinski definition) is 2. The molecule has 0 spiro atoms. The topological polar surface area (TPSA) is 65.2 Å². The minimum Gasteiger partial charge on any atom is -0.361 e. The molecule has 0 aliphatic carbocycles. The molecule has 2 aromatic carbocycles. The summed E-state index contributed by atoms with van der Waals surface area (Å²) in [6.45, 7) is 0. The number of rotatable bonds is 2. The molecule has 3 aromatic rings. The van der Waals surface area contributed by atoms with Gasteiger partial charge in [-0.05, 0) is 17.7 Å². The van der Waals surface area contributed by atoms with Gasteiger partial charge >= 0.3 is 0 Å². The summed E-state index contributed by atoms with van der Waals surface area (Å²) < 4.78 is 0. The summed E-state index contributed by atoms with van der Waals surface area (Å²) in [4.78, 5) is 30.0. The summed E-state index contributed by atoms with van der Waals surface area (Å²) >= 11 is 0. The second kappa shape index (κ2) is 5.94. The number of hydrogen-bond donors (Lipinski definition) is 2. The molecule has 2 heterocycles. The number of H-pyrrole nitrogens is 1. The molecule has 0 radical (unpaired) electrons. The van der Waals surface area contributed by atoms with Crippen molar-refractivity contribution in [2.45, 2.75) is 6.04 Å². The summed E-state index contributed by atoms with van der Waals surface area (Å²) in [6, 6.07) is 16.5. The van der Waals surface area contributed by atoms with Crippen molar-refractivity contribution >= 4 is 28.8 Å². The van der Waals surface area contributed by atoms with Crippen LogP contribution in [-0.2, 0) is 9.59 Å². The maximum Gasteiger partial charge on any atom is 0.268 e. The average molecular weight is 331 g/mol. The van der Waals surface area contributed by atoms with Crippen molar-refractivity contribution < 1.29 is 9.59 Å². The van der Waals surface area contributed by atoms with Gasteiger partial charge in [0.05, 0.1) is 0 Å². The van der Waals surface area contributed by atoms with E-state index in [9.17, 15) is 9.59 Å². The van der Waals surface area contributed by atoms with Gasteiger partial charge in [0.2, 0.25) is 0 Å². The molecule has 1 saturated heterocycles. The van der Waals surface area contributed by atoms with E-state index in [-0.39, 0.29) is 11.8 Å². The largest absolute Gasteiger partial charge is 0.361 e. The van der Waals surface area contributed by atoms with E-state index in [1.165, 1.54) is 4.90 Å². The lowest BCUT2D eigenvalue weighted by atomic mass is 10.0. The zero-order chi connectivity index (χ0) is 17.4. The van der Waals surface area contributed by atoms with Gasteiger partial charge in [0.15, 0.2) is 0 Å². The van der Waals surface area contributed by atoms with E-state index < -0.39 is 6.04 Å². The average Bonchev–Trinajstić information content (AvgIpc) is 3.05. The van der Waals surface area contributed by atoms with E-state index in [1.54, 1.807) is 13.1 Å². The minimum atomic E-state index is -0.654. The summed E-state index contributed by atoms with van der Waals surface area (Å²) in [6.07, 6.45) is 3.58. The SMILES string of the molecule is CN1C(=O)C(c2ccccc2)NC(=O)/C1=C/c1c[nH]c2ccccc12. The minimum absolute atomic E-state index is 0.156. The van der Waals surface area contributed by atoms with Gasteiger partial charge in [0.1, 0.15) is 11.7 Å². The molecule has 124 valence electrons. The maximum atomic E-state index is 12.7. The normalized spacial score (nSPS) is 19.5. The van der Waals surface area contributed by atoms with Crippen LogP contribution < -0.4 is 5.32 Å². The van der Waals surface area contributed by atoms with Gasteiger partial charge in [-0.3, -0.25) is 9.59 Å². The van der Waals surface area contributed by atoms with E-state index in [4.69, 9.17) is 0 Å². The standard InChI is InChI=1S/C20H17N3O2/c1-23-17(11-14-12-21-16-10-6-5-9-15(14)16)19(24)22-18(20(23)25)13-7-3-2-4-8-13/h2-12,18,21H,1H3,(H,22,24)/b17-11-. The Balaban J connectivity index is 1.70. The molecule has 2 N–H and O–H groups in total. The highest BCUT2D eigenvalue weighted by atomic mass is 16.2. The van der Waals surface area contributed by atoms with E-state index in [1.807, 2.05) is 60.8 Å². The molecule has 1 unspecified atom stereocenters. The number of carbonyl (C=O) groups excluding carboxylic acids is 2. The predicted octanol–water partition coefficient (Wildman–Crippen LogP) is 2.84. The summed E-state index contributed by atoms with van der Waals surface area (Å²) in [7, 11) is 1.64. The molecule has 1 fully saturated rings. The molecule has 4 rings (SSSR count). The van der Waals surface area contributed by atoms with Crippen LogP contribution in [-0.4, -0.2) is 28.7 Å². The quantitative estimate of drug-likeness (QED) is 0.709. The van der Waals surface area contributed by atoms with Crippen LogP contribution in [0.2, 0.25) is 0 Å². The Labute approximate surface area is 145 Å². The number of para-hydroxylation sites is 1. The van der Waals surface area contributed by atoms with Crippen molar-refractivity contribution in [1.82, 2.24) is 15.2 Å². The van der Waals surface area contributed by atoms with Gasteiger partial charge in [-0.15, -0.1) is 0 Å². The van der Waals surface area contributed by atoms with Crippen molar-refractivity contribution in [1.29, 1.82) is 0 Å². The number of amides is 2. The number of nitrogens with one attached hydrogen (secondary N) is 2. The molecular formula is C20H17N3O2. The van der Waals surface area contributed by atoms with Crippen LogP contribution in [0, 0.1) is 0 Å². The van der Waals surface area contributed by atoms with Gasteiger partial charge in [-0.2, -0.15) is 0 Å². The van der Waals surface area contributed by atoms with Crippen LogP contribution in [0.3, 0.4) is 0 Å². The number of benzene rings is 2. The summed E-state index contributed by atoms with van der Waals surface area (Å²) in [5.41, 5.74) is 2.97. The third kappa shape index (κ3) is 2.59. The maximum absolute atomic E-state index is 12.7. The zero-order valence-corrected chi connectivity index (χ0v) is 13.7. The van der Waals surface area contributed by atoms with Crippen molar-refractivity contribution in [2.24, 2.45) is 0 Å². The lowest BCUT2D eigenvalue weighted by Gasteiger charge is -2.32. The first kappa shape index (κ1) is 15.2. The third-order valence-electron chi connectivity index (χ3n) is 4.49. The zero-order valence-electron chi connectivity index (χ0n) is 13.7. The first-order chi connectivity index (χ1) is 12.1. The van der Waals surface area contributed by atoms with Crippen LogP contribution in [0.25, 0.3) is 17.0 Å². The molecule has 0 bridgehead atoms. The van der Waals surface area contributed by atoms with Crippen LogP contribution >= 0.6 is 0 Å². The Hall–Kier alpha value is -3.34. The highest BCUT2D eigenvalue weighted by Gasteiger charge is 2.35. The fourth-order valence-electron chi connectivity index (χ4n) is 3.13. The van der Waals surface area contributed by atoms with E-state index >= 15 is 0 Å². The molecule has 5 nitrogen and oxygen atoms in total. The summed E-state index contributed by atoms with van der Waals surface area (Å²) in [5, 5.41) is 3.82. The van der Waals surface area contributed by atoms with Gasteiger partial charge < -0.3 is 15.2 Å². The molecule has 1 aliphatic heterocycles. The van der Waals surface area contributed by atoms with Crippen LogP contribution in [0.4, 0.5) is 0 Å². The molecule has 1 aliphatic rings. The number of fused-ring (bicyclic) bond motifs is 1. The Kier molecular flexibility index (Phi) is 3.61. The Morgan fingerprint density at radius 1 is 1.00 bits per heavy atom. The number of aromatic nitrogens is 1. The smallest absolute Gasteiger partial charge is 0.268 e. The molecular weight excluding hydrogens is 314 g/mol. The molecule has 1 atom stereocenters. The van der Waals surface area contributed by atoms with Crippen molar-refractivity contribution in [3.8, 4) is 0 Å². The molecule has 0 saturated carbocycles. The lowest BCUT2D eigenvalue weighted by molar-refractivity contribution is -0.139. The van der Waals surface area contributed by atoms with Gasteiger partial charge in [-0.25, -0.2) is 0 Å². The van der Waals surface area contributed by atoms with Crippen molar-refractivity contribution in [3.63, 3.8) is 0 Å². The predicted molar refractivity (Wildman–Crippen MR) is 96.4 cm³/mol. The molecule has 5 heteroatoms. The first-order valence-electron chi connectivity index (χ1n) is 8.06. The van der Waals surface area contributed by atoms with E-state index in [0.29, 0.717) is 5.70 Å². The highest BCUT2D eigenvalue weighted by Crippen LogP contribution is 2.26. The van der Waals surface area contributed by atoms with Crippen LogP contribution in [0.1, 0.15) is 17.2 Å². The molecule has 25 heavy (non-hydrogen) atoms. The second-order valence-corrected chi connectivity index (χ2v) is 6.03. The molecule has 1 aromatic heterocycles. The number of nitrogens with zero attached hydrogens (tertiary/aromatic N) is 1. The van der Waals surface area contributed by atoms with Crippen LogP contribution in [0.15, 0.2) is 66.5 Å². The molecule has 2 amide bonds. The number of likely N-dealkylation sites (N-methyl/N-ethyl adjacent to an activating group) is 1. The number of aromatic amines is 1. The number of piperazine rings is 1. The summed E-state index contributed by atoms with van der Waals surface area (Å²) in [5.74, 6) is -0.418. The Morgan fingerprint density at radius 2 is 1.72 bits per heavy atom. The monoisotopic (exact) mass is 331 g/mol. The van der Waals surface area contributed by atoms with Crippen molar-refractivity contribution in [2.75, 3.05) is 7.05 Å². The fraction of sp³-hybridized carbons (Fsp3) is 0.100. The second-order valence-electron chi connectivity index (χ2n) is 6.03. The van der Waals surface area contributed by atoms with E-state index in [2.05, 4.69) is 10.3 Å². The van der Waals surface area contributed by atoms with Gasteiger partial charge in [0.25, 0.3) is 11.8 Å². The number of carbonyl (C=O) groups is 2. The van der Waals surface area contributed by atoms with Crippen LogP contribution in [0.5, 0.6) is 0 Å². The first-order valence-corrected chi connectivity index (χ1v) is 8.06.